The van der Waals surface area contributed by atoms with Gasteiger partial charge in [0.2, 0.25) is 0 Å². The number of nitrogens with one attached hydrogen (secondary N) is 1. The molecule has 2 heterocycles. The molecule has 0 radical (unpaired) electrons. The summed E-state index contributed by atoms with van der Waals surface area (Å²) in [7, 11) is 1.77. The highest BCUT2D eigenvalue weighted by Crippen LogP contribution is 2.36. The predicted molar refractivity (Wildman–Crippen MR) is 77.5 cm³/mol. The predicted octanol–water partition coefficient (Wildman–Crippen LogP) is 2.44. The van der Waals surface area contributed by atoms with E-state index in [2.05, 4.69) is 35.3 Å². The van der Waals surface area contributed by atoms with Crippen molar-refractivity contribution >= 4 is 0 Å². The molecular weight excluding hydrogens is 236 g/mol. The Morgan fingerprint density at radius 1 is 1.32 bits per heavy atom. The lowest BCUT2D eigenvalue weighted by molar-refractivity contribution is 0.0835. The van der Waals surface area contributed by atoms with Gasteiger partial charge in [0.15, 0.2) is 0 Å². The van der Waals surface area contributed by atoms with Crippen LogP contribution >= 0.6 is 0 Å². The van der Waals surface area contributed by atoms with Gasteiger partial charge in [-0.1, -0.05) is 18.2 Å². The second-order valence-corrected chi connectivity index (χ2v) is 5.78. The second-order valence-electron chi connectivity index (χ2n) is 5.78. The van der Waals surface area contributed by atoms with Crippen molar-refractivity contribution in [1.29, 1.82) is 0 Å². The number of methoxy groups -OCH3 is 1. The highest BCUT2D eigenvalue weighted by Gasteiger charge is 2.37. The van der Waals surface area contributed by atoms with Gasteiger partial charge in [0, 0.05) is 24.2 Å². The minimum atomic E-state index is 0.434. The first-order chi connectivity index (χ1) is 9.31. The van der Waals surface area contributed by atoms with Crippen LogP contribution in [0.25, 0.3) is 0 Å². The van der Waals surface area contributed by atoms with Crippen molar-refractivity contribution in [3.8, 4) is 5.75 Å². The maximum absolute atomic E-state index is 5.53. The first kappa shape index (κ1) is 12.9. The first-order valence-corrected chi connectivity index (χ1v) is 7.40. The third kappa shape index (κ3) is 2.37. The smallest absolute Gasteiger partial charge is 0.123 e. The normalized spacial score (nSPS) is 28.9. The van der Waals surface area contributed by atoms with E-state index >= 15 is 0 Å². The number of ether oxygens (including phenoxy) is 1. The SMILES string of the molecule is COc1ccccc1C(C)N1CCCC2CNCC21. The van der Waals surface area contributed by atoms with Gasteiger partial charge in [0.1, 0.15) is 5.75 Å². The minimum Gasteiger partial charge on any atom is -0.496 e. The van der Waals surface area contributed by atoms with Gasteiger partial charge >= 0.3 is 0 Å². The Bertz CT molecular complexity index is 435. The summed E-state index contributed by atoms with van der Waals surface area (Å²) in [4.78, 5) is 2.67. The van der Waals surface area contributed by atoms with Crippen LogP contribution in [0.2, 0.25) is 0 Å². The number of para-hydroxylation sites is 1. The molecule has 3 unspecified atom stereocenters. The molecule has 2 saturated heterocycles. The van der Waals surface area contributed by atoms with E-state index in [1.165, 1.54) is 31.5 Å². The summed E-state index contributed by atoms with van der Waals surface area (Å²) in [5.74, 6) is 1.86. The van der Waals surface area contributed by atoms with Gasteiger partial charge in [-0.25, -0.2) is 0 Å². The molecule has 2 aliphatic rings. The Balaban J connectivity index is 1.84. The number of likely N-dealkylation sites (tertiary alicyclic amines) is 1. The van der Waals surface area contributed by atoms with E-state index in [0.29, 0.717) is 12.1 Å². The number of hydrogen-bond acceptors (Lipinski definition) is 3. The number of fused-ring (bicyclic) bond motifs is 1. The van der Waals surface area contributed by atoms with Gasteiger partial charge in [-0.2, -0.15) is 0 Å². The molecule has 104 valence electrons. The molecule has 2 aliphatic heterocycles. The molecular formula is C16H24N2O. The molecule has 3 nitrogen and oxygen atoms in total. The van der Waals surface area contributed by atoms with Crippen LogP contribution in [0, 0.1) is 5.92 Å². The maximum Gasteiger partial charge on any atom is 0.123 e. The lowest BCUT2D eigenvalue weighted by atomic mass is 9.89. The Kier molecular flexibility index (Phi) is 3.76. The van der Waals surface area contributed by atoms with Crippen molar-refractivity contribution in [3.05, 3.63) is 29.8 Å². The first-order valence-electron chi connectivity index (χ1n) is 7.40. The molecule has 1 aromatic carbocycles. The van der Waals surface area contributed by atoms with Gasteiger partial charge < -0.3 is 10.1 Å². The summed E-state index contributed by atoms with van der Waals surface area (Å²) >= 11 is 0. The number of nitrogens with zero attached hydrogens (tertiary/aromatic N) is 1. The zero-order valence-corrected chi connectivity index (χ0v) is 11.9. The lowest BCUT2D eigenvalue weighted by Gasteiger charge is -2.41. The molecule has 0 amide bonds. The summed E-state index contributed by atoms with van der Waals surface area (Å²) in [6.45, 7) is 5.87. The van der Waals surface area contributed by atoms with E-state index < -0.39 is 0 Å². The number of piperidine rings is 1. The molecule has 1 aromatic rings. The molecule has 0 spiro atoms. The van der Waals surface area contributed by atoms with Gasteiger partial charge in [0.05, 0.1) is 7.11 Å². The van der Waals surface area contributed by atoms with Crippen molar-refractivity contribution in [2.24, 2.45) is 5.92 Å². The number of benzene rings is 1. The van der Waals surface area contributed by atoms with Crippen molar-refractivity contribution in [3.63, 3.8) is 0 Å². The standard InChI is InChI=1S/C16H24N2O/c1-12(14-7-3-4-8-16(14)19-2)18-9-5-6-13-10-17-11-15(13)18/h3-4,7-8,12-13,15,17H,5-6,9-11H2,1-2H3. The molecule has 0 aromatic heterocycles. The second kappa shape index (κ2) is 5.51. The van der Waals surface area contributed by atoms with Crippen LogP contribution in [-0.2, 0) is 0 Å². The summed E-state index contributed by atoms with van der Waals surface area (Å²) in [5.41, 5.74) is 1.32. The average molecular weight is 260 g/mol. The number of rotatable bonds is 3. The largest absolute Gasteiger partial charge is 0.496 e. The molecule has 2 fully saturated rings. The molecule has 0 aliphatic carbocycles. The van der Waals surface area contributed by atoms with Crippen LogP contribution < -0.4 is 10.1 Å². The minimum absolute atomic E-state index is 0.434. The zero-order chi connectivity index (χ0) is 13.2. The molecule has 1 N–H and O–H groups in total. The number of hydrogen-bond donors (Lipinski definition) is 1. The highest BCUT2D eigenvalue weighted by molar-refractivity contribution is 5.35. The van der Waals surface area contributed by atoms with Crippen LogP contribution in [0.4, 0.5) is 0 Å². The van der Waals surface area contributed by atoms with E-state index in [1.54, 1.807) is 7.11 Å². The zero-order valence-electron chi connectivity index (χ0n) is 11.9. The van der Waals surface area contributed by atoms with Crippen molar-refractivity contribution < 1.29 is 4.74 Å². The summed E-state index contributed by atoms with van der Waals surface area (Å²) in [6.07, 6.45) is 2.70. The van der Waals surface area contributed by atoms with Crippen molar-refractivity contribution in [2.45, 2.75) is 31.8 Å². The van der Waals surface area contributed by atoms with Crippen LogP contribution in [0.3, 0.4) is 0 Å². The lowest BCUT2D eigenvalue weighted by Crippen LogP contribution is -2.46. The molecule has 0 saturated carbocycles. The van der Waals surface area contributed by atoms with Crippen molar-refractivity contribution in [2.75, 3.05) is 26.7 Å². The molecule has 0 bridgehead atoms. The Morgan fingerprint density at radius 3 is 3.00 bits per heavy atom. The Morgan fingerprint density at radius 2 is 2.16 bits per heavy atom. The fraction of sp³-hybridized carbons (Fsp3) is 0.625. The van der Waals surface area contributed by atoms with Crippen LogP contribution in [0.5, 0.6) is 5.75 Å². The van der Waals surface area contributed by atoms with E-state index in [0.717, 1.165) is 18.2 Å². The van der Waals surface area contributed by atoms with Gasteiger partial charge in [-0.15, -0.1) is 0 Å². The van der Waals surface area contributed by atoms with Gasteiger partial charge in [0.25, 0.3) is 0 Å². The monoisotopic (exact) mass is 260 g/mol. The van der Waals surface area contributed by atoms with Crippen LogP contribution in [0.1, 0.15) is 31.4 Å². The quantitative estimate of drug-likeness (QED) is 0.903. The molecule has 3 rings (SSSR count). The average Bonchev–Trinajstić information content (AvgIpc) is 2.94. The fourth-order valence-corrected chi connectivity index (χ4v) is 3.77. The summed E-state index contributed by atoms with van der Waals surface area (Å²) in [5, 5.41) is 3.56. The fourth-order valence-electron chi connectivity index (χ4n) is 3.77. The summed E-state index contributed by atoms with van der Waals surface area (Å²) < 4.78 is 5.53. The van der Waals surface area contributed by atoms with Crippen LogP contribution in [-0.4, -0.2) is 37.7 Å². The van der Waals surface area contributed by atoms with Gasteiger partial charge in [-0.05, 0) is 44.8 Å². The van der Waals surface area contributed by atoms with E-state index in [1.807, 2.05) is 6.07 Å². The summed E-state index contributed by atoms with van der Waals surface area (Å²) in [6, 6.07) is 9.57. The Labute approximate surface area is 115 Å². The third-order valence-corrected chi connectivity index (χ3v) is 4.81. The Hall–Kier alpha value is -1.06. The maximum atomic E-state index is 5.53. The van der Waals surface area contributed by atoms with Crippen LogP contribution in [0.15, 0.2) is 24.3 Å². The van der Waals surface area contributed by atoms with Gasteiger partial charge in [-0.3, -0.25) is 4.90 Å². The van der Waals surface area contributed by atoms with E-state index in [9.17, 15) is 0 Å². The highest BCUT2D eigenvalue weighted by atomic mass is 16.5. The van der Waals surface area contributed by atoms with E-state index in [-0.39, 0.29) is 0 Å². The third-order valence-electron chi connectivity index (χ3n) is 4.81. The topological polar surface area (TPSA) is 24.5 Å². The molecule has 19 heavy (non-hydrogen) atoms. The molecule has 3 heteroatoms. The molecule has 3 atom stereocenters. The van der Waals surface area contributed by atoms with Crippen molar-refractivity contribution in [1.82, 2.24) is 10.2 Å². The van der Waals surface area contributed by atoms with E-state index in [4.69, 9.17) is 4.74 Å².